The lowest BCUT2D eigenvalue weighted by atomic mass is 10.1. The average Bonchev–Trinajstić information content (AvgIpc) is 2.95. The Morgan fingerprint density at radius 3 is 2.83 bits per heavy atom. The van der Waals surface area contributed by atoms with Crippen molar-refractivity contribution < 1.29 is 9.53 Å². The van der Waals surface area contributed by atoms with E-state index in [0.717, 1.165) is 45.5 Å². The van der Waals surface area contributed by atoms with Crippen molar-refractivity contribution in [3.63, 3.8) is 0 Å². The molecule has 1 aromatic rings. The maximum Gasteiger partial charge on any atom is 0.274 e. The SMILES string of the molecule is CCOCCCNC(=S)Nc1cnn(C)c1C(=O)N1CCCCC1. The zero-order valence-corrected chi connectivity index (χ0v) is 15.3. The van der Waals surface area contributed by atoms with E-state index in [1.54, 1.807) is 17.9 Å². The zero-order valence-electron chi connectivity index (χ0n) is 14.5. The first-order valence-electron chi connectivity index (χ1n) is 8.57. The third kappa shape index (κ3) is 5.17. The Kier molecular flexibility index (Phi) is 7.45. The Morgan fingerprint density at radius 2 is 2.12 bits per heavy atom. The van der Waals surface area contributed by atoms with E-state index in [1.165, 1.54) is 6.42 Å². The minimum absolute atomic E-state index is 0.0105. The molecule has 2 rings (SSSR count). The number of likely N-dealkylation sites (tertiary alicyclic amines) is 1. The van der Waals surface area contributed by atoms with E-state index in [9.17, 15) is 4.79 Å². The number of anilines is 1. The number of nitrogens with zero attached hydrogens (tertiary/aromatic N) is 3. The highest BCUT2D eigenvalue weighted by atomic mass is 32.1. The molecular formula is C16H27N5O2S. The number of aromatic nitrogens is 2. The van der Waals surface area contributed by atoms with Gasteiger partial charge >= 0.3 is 0 Å². The number of piperidine rings is 1. The van der Waals surface area contributed by atoms with Crippen LogP contribution < -0.4 is 10.6 Å². The molecule has 1 aromatic heterocycles. The highest BCUT2D eigenvalue weighted by molar-refractivity contribution is 7.80. The number of ether oxygens (including phenoxy) is 1. The van der Waals surface area contributed by atoms with Gasteiger partial charge in [-0.3, -0.25) is 9.48 Å². The second-order valence-electron chi connectivity index (χ2n) is 5.81. The molecule has 1 saturated heterocycles. The molecule has 24 heavy (non-hydrogen) atoms. The van der Waals surface area contributed by atoms with Crippen molar-refractivity contribution in [3.8, 4) is 0 Å². The summed E-state index contributed by atoms with van der Waals surface area (Å²) in [7, 11) is 1.78. The summed E-state index contributed by atoms with van der Waals surface area (Å²) in [6, 6.07) is 0. The lowest BCUT2D eigenvalue weighted by molar-refractivity contribution is 0.0714. The van der Waals surface area contributed by atoms with Crippen LogP contribution in [0.2, 0.25) is 0 Å². The van der Waals surface area contributed by atoms with Gasteiger partial charge in [-0.25, -0.2) is 0 Å². The number of hydrogen-bond acceptors (Lipinski definition) is 4. The Balaban J connectivity index is 1.91. The second kappa shape index (κ2) is 9.58. The molecule has 1 aliphatic rings. The number of rotatable bonds is 7. The van der Waals surface area contributed by atoms with E-state index in [0.29, 0.717) is 23.1 Å². The predicted molar refractivity (Wildman–Crippen MR) is 98.3 cm³/mol. The number of carbonyl (C=O) groups excluding carboxylic acids is 1. The fourth-order valence-corrected chi connectivity index (χ4v) is 2.93. The largest absolute Gasteiger partial charge is 0.382 e. The van der Waals surface area contributed by atoms with Crippen molar-refractivity contribution in [2.24, 2.45) is 7.05 Å². The molecule has 1 amide bonds. The summed E-state index contributed by atoms with van der Waals surface area (Å²) in [4.78, 5) is 14.7. The van der Waals surface area contributed by atoms with Crippen LogP contribution in [-0.2, 0) is 11.8 Å². The molecule has 1 fully saturated rings. The van der Waals surface area contributed by atoms with Gasteiger partial charge in [-0.2, -0.15) is 5.10 Å². The Labute approximate surface area is 148 Å². The monoisotopic (exact) mass is 353 g/mol. The van der Waals surface area contributed by atoms with Crippen LogP contribution in [0.15, 0.2) is 6.20 Å². The summed E-state index contributed by atoms with van der Waals surface area (Å²) in [5.41, 5.74) is 1.20. The van der Waals surface area contributed by atoms with Crippen molar-refractivity contribution in [2.75, 3.05) is 38.2 Å². The van der Waals surface area contributed by atoms with Crippen LogP contribution in [0, 0.1) is 0 Å². The van der Waals surface area contributed by atoms with Gasteiger partial charge < -0.3 is 20.3 Å². The summed E-state index contributed by atoms with van der Waals surface area (Å²) in [5.74, 6) is 0.0105. The van der Waals surface area contributed by atoms with Crippen LogP contribution in [0.1, 0.15) is 43.1 Å². The molecule has 8 heteroatoms. The fraction of sp³-hybridized carbons (Fsp3) is 0.688. The van der Waals surface area contributed by atoms with Gasteiger partial charge in [0.25, 0.3) is 5.91 Å². The Hall–Kier alpha value is -1.67. The van der Waals surface area contributed by atoms with Crippen LogP contribution in [0.25, 0.3) is 0 Å². The molecular weight excluding hydrogens is 326 g/mol. The molecule has 2 N–H and O–H groups in total. The summed E-state index contributed by atoms with van der Waals surface area (Å²) < 4.78 is 6.90. The van der Waals surface area contributed by atoms with E-state index < -0.39 is 0 Å². The molecule has 1 aliphatic heterocycles. The third-order valence-electron chi connectivity index (χ3n) is 3.99. The summed E-state index contributed by atoms with van der Waals surface area (Å²) in [5, 5.41) is 10.9. The molecule has 0 aromatic carbocycles. The summed E-state index contributed by atoms with van der Waals surface area (Å²) >= 11 is 5.30. The van der Waals surface area contributed by atoms with Gasteiger partial charge in [0, 0.05) is 39.9 Å². The highest BCUT2D eigenvalue weighted by Gasteiger charge is 2.24. The van der Waals surface area contributed by atoms with Crippen molar-refractivity contribution in [2.45, 2.75) is 32.6 Å². The van der Waals surface area contributed by atoms with Gasteiger partial charge in [-0.15, -0.1) is 0 Å². The molecule has 0 saturated carbocycles. The van der Waals surface area contributed by atoms with Crippen LogP contribution in [0.4, 0.5) is 5.69 Å². The van der Waals surface area contributed by atoms with Crippen LogP contribution >= 0.6 is 12.2 Å². The van der Waals surface area contributed by atoms with Crippen molar-refractivity contribution >= 4 is 28.9 Å². The van der Waals surface area contributed by atoms with Crippen LogP contribution in [-0.4, -0.2) is 58.5 Å². The normalized spacial score (nSPS) is 14.5. The first kappa shape index (κ1) is 18.7. The summed E-state index contributed by atoms with van der Waals surface area (Å²) in [6.45, 7) is 5.75. The lowest BCUT2D eigenvalue weighted by Gasteiger charge is -2.27. The number of amides is 1. The predicted octanol–water partition coefficient (Wildman–Crippen LogP) is 1.76. The second-order valence-corrected chi connectivity index (χ2v) is 6.22. The summed E-state index contributed by atoms with van der Waals surface area (Å²) in [6.07, 6.45) is 5.84. The first-order valence-corrected chi connectivity index (χ1v) is 8.98. The zero-order chi connectivity index (χ0) is 17.4. The molecule has 0 radical (unpaired) electrons. The van der Waals surface area contributed by atoms with E-state index in [4.69, 9.17) is 17.0 Å². The fourth-order valence-electron chi connectivity index (χ4n) is 2.72. The Bertz CT molecular complexity index is 555. The molecule has 2 heterocycles. The molecule has 7 nitrogen and oxygen atoms in total. The molecule has 0 aliphatic carbocycles. The van der Waals surface area contributed by atoms with E-state index in [1.807, 2.05) is 11.8 Å². The number of hydrogen-bond donors (Lipinski definition) is 2. The Morgan fingerprint density at radius 1 is 1.38 bits per heavy atom. The van der Waals surface area contributed by atoms with Crippen molar-refractivity contribution in [1.29, 1.82) is 0 Å². The number of nitrogens with one attached hydrogen (secondary N) is 2. The minimum Gasteiger partial charge on any atom is -0.382 e. The van der Waals surface area contributed by atoms with Gasteiger partial charge in [0.05, 0.1) is 11.9 Å². The van der Waals surface area contributed by atoms with Crippen LogP contribution in [0.3, 0.4) is 0 Å². The van der Waals surface area contributed by atoms with Crippen LogP contribution in [0.5, 0.6) is 0 Å². The highest BCUT2D eigenvalue weighted by Crippen LogP contribution is 2.19. The first-order chi connectivity index (χ1) is 11.6. The van der Waals surface area contributed by atoms with E-state index in [-0.39, 0.29) is 5.91 Å². The number of carbonyl (C=O) groups is 1. The van der Waals surface area contributed by atoms with Gasteiger partial charge in [-0.05, 0) is 44.8 Å². The smallest absolute Gasteiger partial charge is 0.274 e. The molecule has 134 valence electrons. The topological polar surface area (TPSA) is 71.4 Å². The number of aryl methyl sites for hydroxylation is 1. The van der Waals surface area contributed by atoms with Gasteiger partial charge in [-0.1, -0.05) is 0 Å². The van der Waals surface area contributed by atoms with Crippen molar-refractivity contribution in [1.82, 2.24) is 20.0 Å². The number of thiocarbonyl (C=S) groups is 1. The maximum absolute atomic E-state index is 12.8. The molecule has 0 atom stereocenters. The van der Waals surface area contributed by atoms with E-state index in [2.05, 4.69) is 15.7 Å². The van der Waals surface area contributed by atoms with E-state index >= 15 is 0 Å². The van der Waals surface area contributed by atoms with Gasteiger partial charge in [0.2, 0.25) is 0 Å². The lowest BCUT2D eigenvalue weighted by Crippen LogP contribution is -2.37. The standard InChI is InChI=1S/C16H27N5O2S/c1-3-23-11-7-8-17-16(24)19-13-12-18-20(2)14(13)15(22)21-9-5-4-6-10-21/h12H,3-11H2,1-2H3,(H2,17,19,24). The van der Waals surface area contributed by atoms with Crippen molar-refractivity contribution in [3.05, 3.63) is 11.9 Å². The minimum atomic E-state index is 0.0105. The average molecular weight is 353 g/mol. The maximum atomic E-state index is 12.8. The van der Waals surface area contributed by atoms with Gasteiger partial charge in [0.15, 0.2) is 5.11 Å². The van der Waals surface area contributed by atoms with Gasteiger partial charge in [0.1, 0.15) is 5.69 Å². The third-order valence-corrected chi connectivity index (χ3v) is 4.23. The quantitative estimate of drug-likeness (QED) is 0.575. The molecule has 0 spiro atoms. The molecule has 0 bridgehead atoms. The molecule has 0 unspecified atom stereocenters.